The Bertz CT molecular complexity index is 596. The van der Waals surface area contributed by atoms with Gasteiger partial charge in [0.05, 0.1) is 17.6 Å². The first-order valence-electron chi connectivity index (χ1n) is 7.80. The van der Waals surface area contributed by atoms with Gasteiger partial charge >= 0.3 is 17.7 Å². The van der Waals surface area contributed by atoms with Crippen LogP contribution >= 0.6 is 0 Å². The van der Waals surface area contributed by atoms with Crippen LogP contribution < -0.4 is 10.5 Å². The molecule has 0 radical (unpaired) electrons. The van der Waals surface area contributed by atoms with Crippen LogP contribution in [0.4, 0.5) is 10.5 Å². The van der Waals surface area contributed by atoms with Crippen molar-refractivity contribution >= 4 is 11.8 Å². The zero-order valence-electron chi connectivity index (χ0n) is 13.8. The molecule has 1 atom stereocenters. The predicted octanol–water partition coefficient (Wildman–Crippen LogP) is 1.70. The highest BCUT2D eigenvalue weighted by Crippen LogP contribution is 2.34. The predicted molar refractivity (Wildman–Crippen MR) is 83.0 cm³/mol. The van der Waals surface area contributed by atoms with Crippen LogP contribution in [0.1, 0.15) is 37.9 Å². The summed E-state index contributed by atoms with van der Waals surface area (Å²) in [4.78, 5) is 21.5. The van der Waals surface area contributed by atoms with Gasteiger partial charge in [-0.25, -0.2) is 4.79 Å². The molecule has 134 valence electrons. The Morgan fingerprint density at radius 3 is 2.79 bits per heavy atom. The summed E-state index contributed by atoms with van der Waals surface area (Å²) in [6.07, 6.45) is 0.544. The second-order valence-corrected chi connectivity index (χ2v) is 5.67. The maximum atomic E-state index is 11.3. The van der Waals surface area contributed by atoms with E-state index in [2.05, 4.69) is 5.10 Å². The summed E-state index contributed by atoms with van der Waals surface area (Å²) >= 11 is 0. The number of rotatable bonds is 7. The molecule has 2 rings (SSSR count). The molecule has 1 aromatic heterocycles. The number of nitrogens with two attached hydrogens (primary N) is 1. The van der Waals surface area contributed by atoms with Gasteiger partial charge in [0.1, 0.15) is 11.8 Å². The van der Waals surface area contributed by atoms with Crippen molar-refractivity contribution in [2.24, 2.45) is 5.73 Å². The molecular weight excluding hydrogens is 320 g/mol. The monoisotopic (exact) mass is 342 g/mol. The summed E-state index contributed by atoms with van der Waals surface area (Å²) in [6.45, 7) is 4.66. The minimum absolute atomic E-state index is 0.0183. The molecule has 1 aliphatic rings. The van der Waals surface area contributed by atoms with E-state index in [0.717, 1.165) is 12.8 Å². The minimum Gasteiger partial charge on any atom is -0.472 e. The first kappa shape index (κ1) is 18.0. The van der Waals surface area contributed by atoms with Gasteiger partial charge in [0.15, 0.2) is 0 Å². The largest absolute Gasteiger partial charge is 0.472 e. The minimum atomic E-state index is -0.867. The molecule has 2 N–H and O–H groups in total. The Kier molecular flexibility index (Phi) is 5.96. The van der Waals surface area contributed by atoms with Crippen molar-refractivity contribution in [1.82, 2.24) is 9.78 Å². The van der Waals surface area contributed by atoms with Crippen molar-refractivity contribution in [2.45, 2.75) is 45.3 Å². The fourth-order valence-electron chi connectivity index (χ4n) is 2.65. The van der Waals surface area contributed by atoms with E-state index in [-0.39, 0.29) is 24.2 Å². The average Bonchev–Trinajstić information content (AvgIpc) is 2.84. The van der Waals surface area contributed by atoms with Gasteiger partial charge in [0, 0.05) is 19.6 Å². The number of nitrogens with zero attached hydrogens (tertiary/aromatic N) is 3. The van der Waals surface area contributed by atoms with Gasteiger partial charge in [-0.2, -0.15) is 0 Å². The van der Waals surface area contributed by atoms with Gasteiger partial charge in [-0.15, -0.1) is 5.10 Å². The Morgan fingerprint density at radius 2 is 2.21 bits per heavy atom. The molecule has 10 nitrogen and oxygen atoms in total. The van der Waals surface area contributed by atoms with Gasteiger partial charge in [-0.05, 0) is 26.7 Å². The fourth-order valence-corrected chi connectivity index (χ4v) is 2.65. The van der Waals surface area contributed by atoms with E-state index in [0.29, 0.717) is 25.3 Å². The lowest BCUT2D eigenvalue weighted by atomic mass is 10.1. The standard InChI is InChI=1S/C14H22N4O6/c1-9(24-14(15)19)3-8-23-13-12(18(20)21)10(2)17(16-13)11-4-6-22-7-5-11/h9,11H,3-8H2,1-2H3,(H2,15,19). The van der Waals surface area contributed by atoms with Crippen molar-refractivity contribution in [3.8, 4) is 5.88 Å². The van der Waals surface area contributed by atoms with Crippen LogP contribution in [0.15, 0.2) is 0 Å². The molecule has 1 aliphatic heterocycles. The number of hydrogen-bond donors (Lipinski definition) is 1. The number of carbonyl (C=O) groups excluding carboxylic acids is 1. The number of primary amides is 1. The van der Waals surface area contributed by atoms with Crippen molar-refractivity contribution in [3.63, 3.8) is 0 Å². The average molecular weight is 342 g/mol. The third kappa shape index (κ3) is 4.34. The van der Waals surface area contributed by atoms with E-state index in [1.54, 1.807) is 18.5 Å². The van der Waals surface area contributed by atoms with E-state index in [4.69, 9.17) is 19.9 Å². The molecular formula is C14H22N4O6. The lowest BCUT2D eigenvalue weighted by Crippen LogP contribution is -2.22. The smallest absolute Gasteiger partial charge is 0.404 e. The number of ether oxygens (including phenoxy) is 3. The zero-order chi connectivity index (χ0) is 17.7. The Balaban J connectivity index is 2.07. The Hall–Kier alpha value is -2.36. The van der Waals surface area contributed by atoms with E-state index >= 15 is 0 Å². The maximum absolute atomic E-state index is 11.3. The summed E-state index contributed by atoms with van der Waals surface area (Å²) < 4.78 is 17.2. The quantitative estimate of drug-likeness (QED) is 0.589. The van der Waals surface area contributed by atoms with Gasteiger partial charge in [0.2, 0.25) is 0 Å². The highest BCUT2D eigenvalue weighted by Gasteiger charge is 2.30. The summed E-state index contributed by atoms with van der Waals surface area (Å²) in [7, 11) is 0. The number of nitro groups is 1. The zero-order valence-corrected chi connectivity index (χ0v) is 13.8. The van der Waals surface area contributed by atoms with Crippen LogP contribution in [-0.4, -0.2) is 46.7 Å². The van der Waals surface area contributed by atoms with Crippen LogP contribution in [0.2, 0.25) is 0 Å². The van der Waals surface area contributed by atoms with E-state index in [1.165, 1.54) is 0 Å². The Labute approximate surface area is 139 Å². The normalized spacial score (nSPS) is 16.6. The van der Waals surface area contributed by atoms with Crippen LogP contribution in [0.25, 0.3) is 0 Å². The van der Waals surface area contributed by atoms with Gasteiger partial charge in [0.25, 0.3) is 0 Å². The SMILES string of the molecule is Cc1c([N+](=O)[O-])c(OCCC(C)OC(N)=O)nn1C1CCOCC1. The lowest BCUT2D eigenvalue weighted by Gasteiger charge is -2.22. The topological polar surface area (TPSA) is 132 Å². The molecule has 2 heterocycles. The lowest BCUT2D eigenvalue weighted by molar-refractivity contribution is -0.386. The molecule has 24 heavy (non-hydrogen) atoms. The first-order chi connectivity index (χ1) is 11.4. The molecule has 0 spiro atoms. The summed E-state index contributed by atoms with van der Waals surface area (Å²) in [5.74, 6) is -0.0183. The first-order valence-corrected chi connectivity index (χ1v) is 7.80. The summed E-state index contributed by atoms with van der Waals surface area (Å²) in [6, 6.07) is 0.0620. The number of aromatic nitrogens is 2. The molecule has 0 bridgehead atoms. The van der Waals surface area contributed by atoms with E-state index < -0.39 is 17.1 Å². The molecule has 1 unspecified atom stereocenters. The van der Waals surface area contributed by atoms with Gasteiger partial charge in [-0.3, -0.25) is 14.8 Å². The molecule has 0 saturated carbocycles. The second-order valence-electron chi connectivity index (χ2n) is 5.67. The fraction of sp³-hybridized carbons (Fsp3) is 0.714. The molecule has 1 aromatic rings. The summed E-state index contributed by atoms with van der Waals surface area (Å²) in [5, 5.41) is 15.6. The number of amides is 1. The molecule has 0 aromatic carbocycles. The van der Waals surface area contributed by atoms with Crippen LogP contribution in [0, 0.1) is 17.0 Å². The second kappa shape index (κ2) is 7.95. The van der Waals surface area contributed by atoms with Crippen LogP contribution in [-0.2, 0) is 9.47 Å². The van der Waals surface area contributed by atoms with E-state index in [9.17, 15) is 14.9 Å². The van der Waals surface area contributed by atoms with Crippen molar-refractivity contribution in [3.05, 3.63) is 15.8 Å². The van der Waals surface area contributed by atoms with Gasteiger partial charge < -0.3 is 19.9 Å². The highest BCUT2D eigenvalue weighted by atomic mass is 16.6. The van der Waals surface area contributed by atoms with E-state index in [1.807, 2.05) is 0 Å². The molecule has 1 saturated heterocycles. The summed E-state index contributed by atoms with van der Waals surface area (Å²) in [5.41, 5.74) is 5.26. The molecule has 1 fully saturated rings. The molecule has 1 amide bonds. The van der Waals surface area contributed by atoms with Crippen LogP contribution in [0.3, 0.4) is 0 Å². The third-order valence-electron chi connectivity index (χ3n) is 3.89. The molecule has 10 heteroatoms. The molecule has 0 aliphatic carbocycles. The highest BCUT2D eigenvalue weighted by molar-refractivity contribution is 5.64. The Morgan fingerprint density at radius 1 is 1.54 bits per heavy atom. The van der Waals surface area contributed by atoms with Crippen LogP contribution in [0.5, 0.6) is 5.88 Å². The number of carbonyl (C=O) groups is 1. The number of hydrogen-bond acceptors (Lipinski definition) is 7. The van der Waals surface area contributed by atoms with Crippen molar-refractivity contribution < 1.29 is 23.9 Å². The van der Waals surface area contributed by atoms with Crippen molar-refractivity contribution in [2.75, 3.05) is 19.8 Å². The third-order valence-corrected chi connectivity index (χ3v) is 3.89. The van der Waals surface area contributed by atoms with Crippen molar-refractivity contribution in [1.29, 1.82) is 0 Å². The maximum Gasteiger partial charge on any atom is 0.404 e. The van der Waals surface area contributed by atoms with Gasteiger partial charge in [-0.1, -0.05) is 0 Å².